The molecular weight excluding hydrogens is 262 g/mol. The molecule has 116 valence electrons. The van der Waals surface area contributed by atoms with Crippen LogP contribution in [0.5, 0.6) is 11.5 Å². The Morgan fingerprint density at radius 1 is 1.19 bits per heavy atom. The summed E-state index contributed by atoms with van der Waals surface area (Å²) in [6.07, 6.45) is 8.20. The fraction of sp³-hybridized carbons (Fsp3) is 0.667. The standard InChI is InChI=1S/C18H27NO2/c1-13(16-10-9-15(21-2)12-18(16)20)19-11-5-8-17(19)14-6-3-4-7-14/h9-10,12-14,17,20H,3-8,11H2,1-2H3. The van der Waals surface area contributed by atoms with Gasteiger partial charge in [-0.05, 0) is 51.1 Å². The first-order valence-electron chi connectivity index (χ1n) is 8.33. The van der Waals surface area contributed by atoms with Crippen molar-refractivity contribution >= 4 is 0 Å². The molecule has 2 atom stereocenters. The zero-order chi connectivity index (χ0) is 14.8. The Kier molecular flexibility index (Phi) is 4.39. The molecule has 3 rings (SSSR count). The zero-order valence-corrected chi connectivity index (χ0v) is 13.2. The Hall–Kier alpha value is -1.22. The van der Waals surface area contributed by atoms with Crippen molar-refractivity contribution in [3.8, 4) is 11.5 Å². The Labute approximate surface area is 127 Å². The highest BCUT2D eigenvalue weighted by Gasteiger charge is 2.36. The third-order valence-corrected chi connectivity index (χ3v) is 5.47. The van der Waals surface area contributed by atoms with E-state index in [9.17, 15) is 5.11 Å². The van der Waals surface area contributed by atoms with Crippen LogP contribution in [0, 0.1) is 5.92 Å². The third kappa shape index (κ3) is 2.89. The monoisotopic (exact) mass is 289 g/mol. The van der Waals surface area contributed by atoms with E-state index >= 15 is 0 Å². The Morgan fingerprint density at radius 3 is 2.62 bits per heavy atom. The molecule has 0 bridgehead atoms. The topological polar surface area (TPSA) is 32.7 Å². The van der Waals surface area contributed by atoms with Crippen molar-refractivity contribution in [2.75, 3.05) is 13.7 Å². The van der Waals surface area contributed by atoms with Gasteiger partial charge in [0.15, 0.2) is 0 Å². The molecule has 2 fully saturated rings. The van der Waals surface area contributed by atoms with Gasteiger partial charge in [0.25, 0.3) is 0 Å². The van der Waals surface area contributed by atoms with Crippen LogP contribution < -0.4 is 4.74 Å². The highest BCUT2D eigenvalue weighted by Crippen LogP contribution is 2.41. The fourth-order valence-electron chi connectivity index (χ4n) is 4.33. The fourth-order valence-corrected chi connectivity index (χ4v) is 4.33. The summed E-state index contributed by atoms with van der Waals surface area (Å²) in [7, 11) is 1.63. The number of likely N-dealkylation sites (tertiary alicyclic amines) is 1. The second kappa shape index (κ2) is 6.27. The molecule has 2 unspecified atom stereocenters. The van der Waals surface area contributed by atoms with E-state index in [0.29, 0.717) is 11.8 Å². The number of nitrogens with zero attached hydrogens (tertiary/aromatic N) is 1. The van der Waals surface area contributed by atoms with E-state index < -0.39 is 0 Å². The van der Waals surface area contributed by atoms with Gasteiger partial charge in [-0.2, -0.15) is 0 Å². The first kappa shape index (κ1) is 14.7. The number of benzene rings is 1. The van der Waals surface area contributed by atoms with E-state index in [1.54, 1.807) is 13.2 Å². The summed E-state index contributed by atoms with van der Waals surface area (Å²) < 4.78 is 5.18. The van der Waals surface area contributed by atoms with Crippen LogP contribution in [0.4, 0.5) is 0 Å². The molecule has 1 aromatic carbocycles. The van der Waals surface area contributed by atoms with Crippen LogP contribution in [0.1, 0.15) is 57.1 Å². The first-order chi connectivity index (χ1) is 10.2. The van der Waals surface area contributed by atoms with Gasteiger partial charge in [0, 0.05) is 23.7 Å². The van der Waals surface area contributed by atoms with Crippen LogP contribution in [-0.4, -0.2) is 29.7 Å². The number of methoxy groups -OCH3 is 1. The number of rotatable bonds is 4. The minimum absolute atomic E-state index is 0.281. The molecule has 1 N–H and O–H groups in total. The van der Waals surface area contributed by atoms with E-state index in [4.69, 9.17) is 4.74 Å². The predicted molar refractivity (Wildman–Crippen MR) is 84.8 cm³/mol. The van der Waals surface area contributed by atoms with Gasteiger partial charge in [0.2, 0.25) is 0 Å². The number of aromatic hydroxyl groups is 1. The number of phenols is 1. The van der Waals surface area contributed by atoms with Crippen LogP contribution >= 0.6 is 0 Å². The smallest absolute Gasteiger partial charge is 0.124 e. The molecule has 1 aromatic rings. The first-order valence-corrected chi connectivity index (χ1v) is 8.33. The van der Waals surface area contributed by atoms with Gasteiger partial charge in [-0.25, -0.2) is 0 Å². The Bertz CT molecular complexity index is 482. The van der Waals surface area contributed by atoms with Crippen molar-refractivity contribution < 1.29 is 9.84 Å². The van der Waals surface area contributed by atoms with Crippen molar-refractivity contribution in [1.29, 1.82) is 0 Å². The molecule has 21 heavy (non-hydrogen) atoms. The Morgan fingerprint density at radius 2 is 1.95 bits per heavy atom. The molecule has 0 radical (unpaired) electrons. The molecule has 1 aliphatic heterocycles. The van der Waals surface area contributed by atoms with Gasteiger partial charge in [-0.1, -0.05) is 18.9 Å². The average molecular weight is 289 g/mol. The highest BCUT2D eigenvalue weighted by molar-refractivity contribution is 5.41. The number of hydrogen-bond donors (Lipinski definition) is 1. The molecule has 1 heterocycles. The van der Waals surface area contributed by atoms with Crippen molar-refractivity contribution in [1.82, 2.24) is 4.90 Å². The van der Waals surface area contributed by atoms with Crippen LogP contribution in [0.25, 0.3) is 0 Å². The van der Waals surface area contributed by atoms with Crippen molar-refractivity contribution in [3.63, 3.8) is 0 Å². The lowest BCUT2D eigenvalue weighted by molar-refractivity contribution is 0.142. The van der Waals surface area contributed by atoms with Crippen molar-refractivity contribution in [2.24, 2.45) is 5.92 Å². The summed E-state index contributed by atoms with van der Waals surface area (Å²) >= 11 is 0. The van der Waals surface area contributed by atoms with Gasteiger partial charge in [0.1, 0.15) is 11.5 Å². The summed E-state index contributed by atoms with van der Waals surface area (Å²) in [5, 5.41) is 10.3. The maximum Gasteiger partial charge on any atom is 0.124 e. The van der Waals surface area contributed by atoms with E-state index in [1.165, 1.54) is 38.5 Å². The average Bonchev–Trinajstić information content (AvgIpc) is 3.16. The minimum atomic E-state index is 0.281. The Balaban J connectivity index is 1.78. The van der Waals surface area contributed by atoms with Gasteiger partial charge in [-0.3, -0.25) is 4.90 Å². The van der Waals surface area contributed by atoms with E-state index in [1.807, 2.05) is 12.1 Å². The van der Waals surface area contributed by atoms with Crippen molar-refractivity contribution in [3.05, 3.63) is 23.8 Å². The lowest BCUT2D eigenvalue weighted by atomic mass is 9.94. The van der Waals surface area contributed by atoms with E-state index in [0.717, 1.165) is 23.8 Å². The normalized spacial score (nSPS) is 25.3. The summed E-state index contributed by atoms with van der Waals surface area (Å²) in [6.45, 7) is 3.39. The predicted octanol–water partition coefficient (Wildman–Crippen LogP) is 4.12. The highest BCUT2D eigenvalue weighted by atomic mass is 16.5. The zero-order valence-electron chi connectivity index (χ0n) is 13.2. The largest absolute Gasteiger partial charge is 0.507 e. The molecule has 1 saturated heterocycles. The quantitative estimate of drug-likeness (QED) is 0.905. The molecule has 3 nitrogen and oxygen atoms in total. The molecule has 0 aromatic heterocycles. The molecule has 3 heteroatoms. The molecular formula is C18H27NO2. The van der Waals surface area contributed by atoms with E-state index in [-0.39, 0.29) is 6.04 Å². The molecule has 1 saturated carbocycles. The third-order valence-electron chi connectivity index (χ3n) is 5.47. The minimum Gasteiger partial charge on any atom is -0.507 e. The SMILES string of the molecule is COc1ccc(C(C)N2CCCC2C2CCCC2)c(O)c1. The lowest BCUT2D eigenvalue weighted by Gasteiger charge is -2.34. The number of phenolic OH excluding ortho intramolecular Hbond substituents is 1. The summed E-state index contributed by atoms with van der Waals surface area (Å²) in [5.74, 6) is 1.95. The maximum atomic E-state index is 10.3. The lowest BCUT2D eigenvalue weighted by Crippen LogP contribution is -2.36. The van der Waals surface area contributed by atoms with Crippen LogP contribution in [0.15, 0.2) is 18.2 Å². The molecule has 2 aliphatic rings. The van der Waals surface area contributed by atoms with Crippen LogP contribution in [0.2, 0.25) is 0 Å². The van der Waals surface area contributed by atoms with Crippen LogP contribution in [0.3, 0.4) is 0 Å². The second-order valence-corrected chi connectivity index (χ2v) is 6.59. The van der Waals surface area contributed by atoms with Gasteiger partial charge in [-0.15, -0.1) is 0 Å². The summed E-state index contributed by atoms with van der Waals surface area (Å²) in [5.41, 5.74) is 1.03. The molecule has 1 aliphatic carbocycles. The number of ether oxygens (including phenoxy) is 1. The van der Waals surface area contributed by atoms with Crippen molar-refractivity contribution in [2.45, 2.75) is 57.5 Å². The van der Waals surface area contributed by atoms with Gasteiger partial charge >= 0.3 is 0 Å². The summed E-state index contributed by atoms with van der Waals surface area (Å²) in [6, 6.07) is 6.69. The van der Waals surface area contributed by atoms with Gasteiger partial charge < -0.3 is 9.84 Å². The second-order valence-electron chi connectivity index (χ2n) is 6.59. The maximum absolute atomic E-state index is 10.3. The van der Waals surface area contributed by atoms with Crippen LogP contribution in [-0.2, 0) is 0 Å². The molecule has 0 amide bonds. The molecule has 0 spiro atoms. The van der Waals surface area contributed by atoms with Gasteiger partial charge in [0.05, 0.1) is 7.11 Å². The van der Waals surface area contributed by atoms with E-state index in [2.05, 4.69) is 11.8 Å². The number of hydrogen-bond acceptors (Lipinski definition) is 3. The summed E-state index contributed by atoms with van der Waals surface area (Å²) in [4.78, 5) is 2.62.